The lowest BCUT2D eigenvalue weighted by Crippen LogP contribution is -2.57. The fourth-order valence-electron chi connectivity index (χ4n) is 1.71. The normalized spacial score (nSPS) is 20.4. The van der Waals surface area contributed by atoms with Crippen molar-refractivity contribution in [1.82, 2.24) is 5.32 Å². The van der Waals surface area contributed by atoms with E-state index in [1.54, 1.807) is 13.0 Å². The number of halogens is 2. The number of hydrogen-bond donors (Lipinski definition) is 1. The molecule has 4 nitrogen and oxygen atoms in total. The van der Waals surface area contributed by atoms with Gasteiger partial charge in [-0.2, -0.15) is 0 Å². The predicted molar refractivity (Wildman–Crippen MR) is 64.1 cm³/mol. The fourth-order valence-corrected chi connectivity index (χ4v) is 2.04. The Morgan fingerprint density at radius 1 is 1.47 bits per heavy atom. The second-order valence-electron chi connectivity index (χ2n) is 3.81. The summed E-state index contributed by atoms with van der Waals surface area (Å²) in [6, 6.07) is 3.74. The summed E-state index contributed by atoms with van der Waals surface area (Å²) in [7, 11) is 0. The van der Waals surface area contributed by atoms with E-state index in [0.29, 0.717) is 4.47 Å². The van der Waals surface area contributed by atoms with Gasteiger partial charge >= 0.3 is 0 Å². The van der Waals surface area contributed by atoms with Gasteiger partial charge in [-0.1, -0.05) is 15.9 Å². The number of nitrogens with one attached hydrogen (secondary N) is 1. The molecule has 0 spiro atoms. The average molecular weight is 301 g/mol. The van der Waals surface area contributed by atoms with Gasteiger partial charge in [0.1, 0.15) is 18.4 Å². The molecule has 1 aromatic carbocycles. The van der Waals surface area contributed by atoms with Gasteiger partial charge in [-0.15, -0.1) is 0 Å². The molecule has 1 aliphatic heterocycles. The molecule has 0 aromatic heterocycles. The van der Waals surface area contributed by atoms with E-state index in [-0.39, 0.29) is 24.0 Å². The molecule has 0 bridgehead atoms. The van der Waals surface area contributed by atoms with Crippen LogP contribution in [0, 0.1) is 5.82 Å². The largest absolute Gasteiger partial charge is 0.343 e. The third-order valence-corrected chi connectivity index (χ3v) is 3.01. The van der Waals surface area contributed by atoms with E-state index in [9.17, 15) is 14.0 Å². The summed E-state index contributed by atoms with van der Waals surface area (Å²) in [6.45, 7) is 1.42. The maximum Gasteiger partial charge on any atom is 0.249 e. The molecule has 1 saturated heterocycles. The van der Waals surface area contributed by atoms with Crippen molar-refractivity contribution in [3.8, 4) is 0 Å². The van der Waals surface area contributed by atoms with Crippen LogP contribution in [0.3, 0.4) is 0 Å². The number of anilines is 1. The zero-order valence-electron chi connectivity index (χ0n) is 9.04. The first kappa shape index (κ1) is 12.0. The second kappa shape index (κ2) is 4.44. The molecule has 0 aliphatic carbocycles. The first-order valence-electron chi connectivity index (χ1n) is 5.05. The number of carbonyl (C=O) groups is 2. The molecule has 90 valence electrons. The summed E-state index contributed by atoms with van der Waals surface area (Å²) >= 11 is 3.14. The molecule has 1 aromatic rings. The van der Waals surface area contributed by atoms with E-state index >= 15 is 0 Å². The maximum absolute atomic E-state index is 13.7. The van der Waals surface area contributed by atoms with Crippen molar-refractivity contribution < 1.29 is 14.0 Å². The molecule has 0 radical (unpaired) electrons. The molecule has 6 heteroatoms. The van der Waals surface area contributed by atoms with Crippen LogP contribution in [0.25, 0.3) is 0 Å². The molecule has 2 rings (SSSR count). The number of amides is 2. The lowest BCUT2D eigenvalue weighted by atomic mass is 10.2. The lowest BCUT2D eigenvalue weighted by Gasteiger charge is -2.30. The number of carbonyl (C=O) groups excluding carboxylic acids is 2. The van der Waals surface area contributed by atoms with Gasteiger partial charge in [0.15, 0.2) is 0 Å². The van der Waals surface area contributed by atoms with Gasteiger partial charge in [0.2, 0.25) is 11.8 Å². The monoisotopic (exact) mass is 300 g/mol. The van der Waals surface area contributed by atoms with E-state index in [1.807, 2.05) is 0 Å². The van der Waals surface area contributed by atoms with Gasteiger partial charge < -0.3 is 5.32 Å². The van der Waals surface area contributed by atoms with Crippen molar-refractivity contribution >= 4 is 33.4 Å². The molecule has 1 fully saturated rings. The summed E-state index contributed by atoms with van der Waals surface area (Å²) in [6.07, 6.45) is 0. The number of hydrogen-bond acceptors (Lipinski definition) is 2. The van der Waals surface area contributed by atoms with Crippen LogP contribution in [0.1, 0.15) is 6.92 Å². The van der Waals surface area contributed by atoms with Crippen molar-refractivity contribution in [1.29, 1.82) is 0 Å². The van der Waals surface area contributed by atoms with Crippen LogP contribution < -0.4 is 10.2 Å². The van der Waals surface area contributed by atoms with E-state index in [1.165, 1.54) is 12.1 Å². The summed E-state index contributed by atoms with van der Waals surface area (Å²) in [5, 5.41) is 2.50. The second-order valence-corrected chi connectivity index (χ2v) is 4.72. The van der Waals surface area contributed by atoms with Gasteiger partial charge in [-0.05, 0) is 25.1 Å². The molecular weight excluding hydrogens is 291 g/mol. The Kier molecular flexibility index (Phi) is 3.15. The topological polar surface area (TPSA) is 49.4 Å². The van der Waals surface area contributed by atoms with E-state index in [2.05, 4.69) is 21.2 Å². The van der Waals surface area contributed by atoms with E-state index < -0.39 is 11.9 Å². The van der Waals surface area contributed by atoms with Crippen molar-refractivity contribution in [3.63, 3.8) is 0 Å². The van der Waals surface area contributed by atoms with Crippen LogP contribution in [-0.2, 0) is 9.59 Å². The summed E-state index contributed by atoms with van der Waals surface area (Å²) in [4.78, 5) is 24.3. The van der Waals surface area contributed by atoms with Crippen LogP contribution in [0.2, 0.25) is 0 Å². The molecule has 0 saturated carbocycles. The average Bonchev–Trinajstić information content (AvgIpc) is 2.24. The Balaban J connectivity index is 2.38. The van der Waals surface area contributed by atoms with Crippen LogP contribution in [0.5, 0.6) is 0 Å². The van der Waals surface area contributed by atoms with Crippen LogP contribution in [0.15, 0.2) is 22.7 Å². The number of piperazine rings is 1. The first-order valence-corrected chi connectivity index (χ1v) is 5.84. The van der Waals surface area contributed by atoms with Crippen LogP contribution in [-0.4, -0.2) is 24.4 Å². The highest BCUT2D eigenvalue weighted by Crippen LogP contribution is 2.24. The fraction of sp³-hybridized carbons (Fsp3) is 0.273. The molecule has 1 N–H and O–H groups in total. The van der Waals surface area contributed by atoms with Gasteiger partial charge in [0.05, 0.1) is 5.69 Å². The molecule has 1 heterocycles. The minimum absolute atomic E-state index is 0.125. The standard InChI is InChI=1S/C11H10BrFN2O2/c1-6-11(17)15(5-10(16)14-6)9-3-2-7(12)4-8(9)13/h2-4,6H,5H2,1H3,(H,14,16). The zero-order chi connectivity index (χ0) is 12.6. The number of rotatable bonds is 1. The third kappa shape index (κ3) is 2.31. The van der Waals surface area contributed by atoms with Crippen molar-refractivity contribution in [2.75, 3.05) is 11.4 Å². The highest BCUT2D eigenvalue weighted by atomic mass is 79.9. The minimum Gasteiger partial charge on any atom is -0.343 e. The first-order chi connectivity index (χ1) is 7.99. The van der Waals surface area contributed by atoms with Gasteiger partial charge in [-0.25, -0.2) is 4.39 Å². The highest BCUT2D eigenvalue weighted by Gasteiger charge is 2.31. The maximum atomic E-state index is 13.7. The van der Waals surface area contributed by atoms with E-state index in [4.69, 9.17) is 0 Å². The lowest BCUT2D eigenvalue weighted by molar-refractivity contribution is -0.130. The number of nitrogens with zero attached hydrogens (tertiary/aromatic N) is 1. The summed E-state index contributed by atoms with van der Waals surface area (Å²) < 4.78 is 14.3. The van der Waals surface area contributed by atoms with Crippen molar-refractivity contribution in [2.24, 2.45) is 0 Å². The van der Waals surface area contributed by atoms with Crippen LogP contribution in [0.4, 0.5) is 10.1 Å². The van der Waals surface area contributed by atoms with E-state index in [0.717, 1.165) is 4.90 Å². The summed E-state index contributed by atoms with van der Waals surface area (Å²) in [5.41, 5.74) is 0.125. The highest BCUT2D eigenvalue weighted by molar-refractivity contribution is 9.10. The van der Waals surface area contributed by atoms with Crippen molar-refractivity contribution in [2.45, 2.75) is 13.0 Å². The Morgan fingerprint density at radius 3 is 2.82 bits per heavy atom. The molecule has 1 unspecified atom stereocenters. The van der Waals surface area contributed by atoms with Crippen molar-refractivity contribution in [3.05, 3.63) is 28.5 Å². The molecule has 17 heavy (non-hydrogen) atoms. The molecule has 2 amide bonds. The van der Waals surface area contributed by atoms with Gasteiger partial charge in [0.25, 0.3) is 0 Å². The Morgan fingerprint density at radius 2 is 2.18 bits per heavy atom. The van der Waals surface area contributed by atoms with Crippen LogP contribution >= 0.6 is 15.9 Å². The predicted octanol–water partition coefficient (Wildman–Crippen LogP) is 1.44. The third-order valence-electron chi connectivity index (χ3n) is 2.52. The number of benzene rings is 1. The zero-order valence-corrected chi connectivity index (χ0v) is 10.6. The molecule has 1 aliphatic rings. The summed E-state index contributed by atoms with van der Waals surface area (Å²) in [5.74, 6) is -1.14. The quantitative estimate of drug-likeness (QED) is 0.853. The Labute approximate surface area is 106 Å². The Bertz CT molecular complexity index is 492. The SMILES string of the molecule is CC1NC(=O)CN(c2ccc(Br)cc2F)C1=O. The smallest absolute Gasteiger partial charge is 0.249 e. The molecule has 1 atom stereocenters. The Hall–Kier alpha value is -1.43. The van der Waals surface area contributed by atoms with Gasteiger partial charge in [0, 0.05) is 4.47 Å². The minimum atomic E-state index is -0.626. The van der Waals surface area contributed by atoms with Gasteiger partial charge in [-0.3, -0.25) is 14.5 Å². The molecular formula is C11H10BrFN2O2.